The minimum atomic E-state index is -0.501. The van der Waals surface area contributed by atoms with Crippen LogP contribution in [0.25, 0.3) is 0 Å². The average Bonchev–Trinajstić information content (AvgIpc) is 2.78. The van der Waals surface area contributed by atoms with Crippen molar-refractivity contribution in [3.63, 3.8) is 0 Å². The van der Waals surface area contributed by atoms with Crippen LogP contribution >= 0.6 is 23.4 Å². The van der Waals surface area contributed by atoms with Gasteiger partial charge in [0.05, 0.1) is 5.60 Å². The highest BCUT2D eigenvalue weighted by molar-refractivity contribution is 7.99. The van der Waals surface area contributed by atoms with Crippen molar-refractivity contribution in [2.45, 2.75) is 31.4 Å². The quantitative estimate of drug-likeness (QED) is 0.872. The van der Waals surface area contributed by atoms with Crippen molar-refractivity contribution in [1.82, 2.24) is 5.32 Å². The van der Waals surface area contributed by atoms with Gasteiger partial charge >= 0.3 is 0 Å². The Morgan fingerprint density at radius 3 is 2.78 bits per heavy atom. The van der Waals surface area contributed by atoms with Crippen LogP contribution in [-0.2, 0) is 6.42 Å². The maximum absolute atomic E-state index is 10.2. The lowest BCUT2D eigenvalue weighted by molar-refractivity contribution is 0.0651. The highest BCUT2D eigenvalue weighted by atomic mass is 35.5. The second-order valence-electron chi connectivity index (χ2n) is 5.14. The molecule has 2 rings (SSSR count). The summed E-state index contributed by atoms with van der Waals surface area (Å²) in [6.07, 6.45) is 1.86. The fourth-order valence-corrected chi connectivity index (χ4v) is 3.57. The third-order valence-corrected chi connectivity index (χ3v) is 4.80. The van der Waals surface area contributed by atoms with E-state index in [1.54, 1.807) is 0 Å². The first-order chi connectivity index (χ1) is 8.57. The van der Waals surface area contributed by atoms with E-state index in [2.05, 4.69) is 24.4 Å². The molecule has 0 aliphatic carbocycles. The number of aliphatic hydroxyl groups is 1. The number of hydrogen-bond donors (Lipinski definition) is 2. The maximum Gasteiger partial charge on any atom is 0.0869 e. The molecular formula is C14H20ClNOS. The van der Waals surface area contributed by atoms with E-state index in [0.29, 0.717) is 12.6 Å². The van der Waals surface area contributed by atoms with Crippen LogP contribution in [0.2, 0.25) is 5.02 Å². The number of hydrogen-bond acceptors (Lipinski definition) is 3. The summed E-state index contributed by atoms with van der Waals surface area (Å²) in [5.41, 5.74) is 0.769. The lowest BCUT2D eigenvalue weighted by Crippen LogP contribution is -2.44. The lowest BCUT2D eigenvalue weighted by Gasteiger charge is -2.24. The summed E-state index contributed by atoms with van der Waals surface area (Å²) in [5, 5.41) is 14.4. The molecule has 4 heteroatoms. The van der Waals surface area contributed by atoms with E-state index >= 15 is 0 Å². The molecule has 1 aliphatic heterocycles. The van der Waals surface area contributed by atoms with Crippen molar-refractivity contribution in [3.05, 3.63) is 34.9 Å². The smallest absolute Gasteiger partial charge is 0.0869 e. The normalized spacial score (nSPS) is 25.3. The number of thioether (sulfide) groups is 1. The van der Waals surface area contributed by atoms with Gasteiger partial charge in [-0.2, -0.15) is 11.8 Å². The molecule has 0 spiro atoms. The Morgan fingerprint density at radius 2 is 2.17 bits per heavy atom. The van der Waals surface area contributed by atoms with Crippen molar-refractivity contribution < 1.29 is 5.11 Å². The minimum absolute atomic E-state index is 0.362. The van der Waals surface area contributed by atoms with Crippen LogP contribution in [0, 0.1) is 0 Å². The Bertz CT molecular complexity index is 376. The molecule has 1 aromatic carbocycles. The number of rotatable bonds is 5. The van der Waals surface area contributed by atoms with Gasteiger partial charge in [-0.3, -0.25) is 0 Å². The second kappa shape index (κ2) is 6.29. The number of halogens is 1. The van der Waals surface area contributed by atoms with E-state index in [1.807, 2.05) is 23.9 Å². The first-order valence-corrected chi connectivity index (χ1v) is 7.89. The van der Waals surface area contributed by atoms with Crippen LogP contribution in [0.4, 0.5) is 0 Å². The van der Waals surface area contributed by atoms with Crippen molar-refractivity contribution >= 4 is 23.4 Å². The second-order valence-corrected chi connectivity index (χ2v) is 6.68. The molecule has 1 heterocycles. The van der Waals surface area contributed by atoms with Gasteiger partial charge in [0.1, 0.15) is 0 Å². The first-order valence-electron chi connectivity index (χ1n) is 6.35. The van der Waals surface area contributed by atoms with Crippen molar-refractivity contribution in [3.8, 4) is 0 Å². The van der Waals surface area contributed by atoms with E-state index in [-0.39, 0.29) is 0 Å². The summed E-state index contributed by atoms with van der Waals surface area (Å²) in [7, 11) is 0. The monoisotopic (exact) mass is 285 g/mol. The van der Waals surface area contributed by atoms with E-state index in [9.17, 15) is 5.11 Å². The van der Waals surface area contributed by atoms with Crippen molar-refractivity contribution in [2.24, 2.45) is 0 Å². The molecule has 1 saturated heterocycles. The van der Waals surface area contributed by atoms with Crippen LogP contribution in [0.5, 0.6) is 0 Å². The summed E-state index contributed by atoms with van der Waals surface area (Å²) in [6, 6.07) is 8.32. The van der Waals surface area contributed by atoms with Gasteiger partial charge in [0.2, 0.25) is 0 Å². The summed E-state index contributed by atoms with van der Waals surface area (Å²) >= 11 is 7.70. The zero-order chi connectivity index (χ0) is 13.0. The summed E-state index contributed by atoms with van der Waals surface area (Å²) in [5.74, 6) is 1.93. The van der Waals surface area contributed by atoms with Gasteiger partial charge in [-0.25, -0.2) is 0 Å². The highest BCUT2D eigenvalue weighted by Crippen LogP contribution is 2.27. The van der Waals surface area contributed by atoms with Gasteiger partial charge in [-0.05, 0) is 43.2 Å². The van der Waals surface area contributed by atoms with E-state index in [1.165, 1.54) is 5.56 Å². The molecular weight excluding hydrogens is 266 g/mol. The van der Waals surface area contributed by atoms with Crippen LogP contribution < -0.4 is 5.32 Å². The molecule has 18 heavy (non-hydrogen) atoms. The highest BCUT2D eigenvalue weighted by Gasteiger charge is 2.31. The van der Waals surface area contributed by atoms with Crippen LogP contribution in [-0.4, -0.2) is 34.8 Å². The molecule has 1 aromatic rings. The van der Waals surface area contributed by atoms with Crippen molar-refractivity contribution in [1.29, 1.82) is 0 Å². The zero-order valence-corrected chi connectivity index (χ0v) is 12.2. The molecule has 2 N–H and O–H groups in total. The summed E-state index contributed by atoms with van der Waals surface area (Å²) in [4.78, 5) is 0. The molecule has 0 amide bonds. The third-order valence-electron chi connectivity index (χ3n) is 3.32. The van der Waals surface area contributed by atoms with Crippen molar-refractivity contribution in [2.75, 3.05) is 18.1 Å². The molecule has 1 fully saturated rings. The predicted octanol–water partition coefficient (Wildman–Crippen LogP) is 2.73. The Morgan fingerprint density at radius 1 is 1.44 bits per heavy atom. The van der Waals surface area contributed by atoms with Crippen LogP contribution in [0.15, 0.2) is 24.3 Å². The molecule has 2 nitrogen and oxygen atoms in total. The average molecular weight is 286 g/mol. The van der Waals surface area contributed by atoms with Gasteiger partial charge < -0.3 is 10.4 Å². The first kappa shape index (κ1) is 14.2. The largest absolute Gasteiger partial charge is 0.388 e. The Balaban J connectivity index is 1.78. The van der Waals surface area contributed by atoms with E-state index in [0.717, 1.165) is 29.4 Å². The van der Waals surface area contributed by atoms with Crippen LogP contribution in [0.1, 0.15) is 18.9 Å². The molecule has 0 bridgehead atoms. The Labute approximate surface area is 118 Å². The fraction of sp³-hybridized carbons (Fsp3) is 0.571. The molecule has 0 aromatic heterocycles. The minimum Gasteiger partial charge on any atom is -0.388 e. The van der Waals surface area contributed by atoms with Gasteiger partial charge in [0, 0.05) is 23.4 Å². The summed E-state index contributed by atoms with van der Waals surface area (Å²) < 4.78 is 0. The molecule has 1 aliphatic rings. The predicted molar refractivity (Wildman–Crippen MR) is 79.5 cm³/mol. The Hall–Kier alpha value is -0.220. The number of benzene rings is 1. The SMILES string of the molecule is C[C@H](Cc1ccc(Cl)cc1)NC[C@@]1(O)CCSC1. The summed E-state index contributed by atoms with van der Waals surface area (Å²) in [6.45, 7) is 2.84. The maximum atomic E-state index is 10.2. The standard InChI is InChI=1S/C14H20ClNOS/c1-11(8-12-2-4-13(15)5-3-12)16-9-14(17)6-7-18-10-14/h2-5,11,16-17H,6-10H2,1H3/t11-,14+/m1/s1. The van der Waals surface area contributed by atoms with Gasteiger partial charge in [0.15, 0.2) is 0 Å². The van der Waals surface area contributed by atoms with Crippen LogP contribution in [0.3, 0.4) is 0 Å². The Kier molecular flexibility index (Phi) is 4.96. The molecule has 2 atom stereocenters. The van der Waals surface area contributed by atoms with Gasteiger partial charge in [-0.15, -0.1) is 0 Å². The molecule has 100 valence electrons. The number of nitrogens with one attached hydrogen (secondary N) is 1. The fourth-order valence-electron chi connectivity index (χ4n) is 2.15. The van der Waals surface area contributed by atoms with E-state index < -0.39 is 5.60 Å². The van der Waals surface area contributed by atoms with Gasteiger partial charge in [0.25, 0.3) is 0 Å². The molecule has 0 radical (unpaired) electrons. The topological polar surface area (TPSA) is 32.3 Å². The zero-order valence-electron chi connectivity index (χ0n) is 10.7. The molecule has 0 unspecified atom stereocenters. The van der Waals surface area contributed by atoms with Gasteiger partial charge in [-0.1, -0.05) is 23.7 Å². The third kappa shape index (κ3) is 4.16. The van der Waals surface area contributed by atoms with E-state index in [4.69, 9.17) is 11.6 Å². The molecule has 0 saturated carbocycles. The lowest BCUT2D eigenvalue weighted by atomic mass is 10.0.